The fourth-order valence-corrected chi connectivity index (χ4v) is 3.50. The summed E-state index contributed by atoms with van der Waals surface area (Å²) >= 11 is 7.33. The lowest BCUT2D eigenvalue weighted by Crippen LogP contribution is -2.39. The van der Waals surface area contributed by atoms with Crippen molar-refractivity contribution in [3.05, 3.63) is 90.0 Å². The maximum absolute atomic E-state index is 12.6. The highest BCUT2D eigenvalue weighted by molar-refractivity contribution is 7.99. The molecule has 6 nitrogen and oxygen atoms in total. The summed E-state index contributed by atoms with van der Waals surface area (Å²) in [5.74, 6) is 0.226. The van der Waals surface area contributed by atoms with Gasteiger partial charge in [-0.05, 0) is 36.4 Å². The zero-order valence-corrected chi connectivity index (χ0v) is 17.3. The predicted molar refractivity (Wildman–Crippen MR) is 119 cm³/mol. The van der Waals surface area contributed by atoms with Crippen LogP contribution in [0.5, 0.6) is 0 Å². The lowest BCUT2D eigenvalue weighted by atomic mass is 10.2. The minimum absolute atomic E-state index is 0.111. The van der Waals surface area contributed by atoms with Gasteiger partial charge in [0.1, 0.15) is 0 Å². The number of carbonyl (C=O) groups excluding carboxylic acids is 1. The van der Waals surface area contributed by atoms with Gasteiger partial charge in [-0.3, -0.25) is 15.2 Å². The smallest absolute Gasteiger partial charge is 0.277 e. The molecule has 30 heavy (non-hydrogen) atoms. The van der Waals surface area contributed by atoms with Crippen LogP contribution >= 0.6 is 23.4 Å². The number of rotatable bonds is 7. The van der Waals surface area contributed by atoms with E-state index in [0.29, 0.717) is 21.7 Å². The molecule has 1 heterocycles. The molecule has 0 unspecified atom stereocenters. The largest absolute Gasteiger partial charge is 0.411 e. The highest BCUT2D eigenvalue weighted by Crippen LogP contribution is 2.29. The Morgan fingerprint density at radius 1 is 0.900 bits per heavy atom. The molecule has 0 aliphatic carbocycles. The van der Waals surface area contributed by atoms with Crippen LogP contribution in [0.25, 0.3) is 11.5 Å². The first-order chi connectivity index (χ1) is 14.7. The van der Waals surface area contributed by atoms with Crippen molar-refractivity contribution in [1.29, 1.82) is 0 Å². The minimum Gasteiger partial charge on any atom is -0.411 e. The van der Waals surface area contributed by atoms with E-state index in [1.807, 2.05) is 72.8 Å². The van der Waals surface area contributed by atoms with Crippen molar-refractivity contribution in [3.63, 3.8) is 0 Å². The fourth-order valence-electron chi connectivity index (χ4n) is 2.73. The normalized spacial score (nSPS) is 10.6. The van der Waals surface area contributed by atoms with Crippen LogP contribution in [0.4, 0.5) is 11.4 Å². The van der Waals surface area contributed by atoms with Gasteiger partial charge in [0.25, 0.3) is 5.22 Å². The number of benzene rings is 3. The molecule has 150 valence electrons. The Balaban J connectivity index is 1.43. The van der Waals surface area contributed by atoms with E-state index in [4.69, 9.17) is 16.0 Å². The Morgan fingerprint density at radius 3 is 2.13 bits per heavy atom. The standard InChI is InChI=1S/C22H17ClN4O2S/c23-19-14-8-7-13-18(19)21-24-25-22(29-21)30-15-20(28)26-27(16-9-3-1-4-10-16)17-11-5-2-6-12-17/h1-14H,15H2,(H,26,28). The molecule has 0 atom stereocenters. The Bertz CT molecular complexity index is 1080. The molecule has 0 aliphatic heterocycles. The molecule has 0 radical (unpaired) electrons. The first-order valence-corrected chi connectivity index (χ1v) is 10.5. The van der Waals surface area contributed by atoms with Crippen molar-refractivity contribution in [3.8, 4) is 11.5 Å². The van der Waals surface area contributed by atoms with E-state index < -0.39 is 0 Å². The molecular weight excluding hydrogens is 420 g/mol. The molecule has 0 saturated heterocycles. The van der Waals surface area contributed by atoms with E-state index in [2.05, 4.69) is 15.6 Å². The third-order valence-corrected chi connectivity index (χ3v) is 5.25. The summed E-state index contributed by atoms with van der Waals surface area (Å²) in [5.41, 5.74) is 5.28. The zero-order chi connectivity index (χ0) is 20.8. The SMILES string of the molecule is O=C(CSc1nnc(-c2ccccc2Cl)o1)NN(c1ccccc1)c1ccccc1. The number of anilines is 2. The number of hydrogen-bond acceptors (Lipinski definition) is 6. The van der Waals surface area contributed by atoms with Gasteiger partial charge in [0.15, 0.2) is 0 Å². The van der Waals surface area contributed by atoms with Crippen LogP contribution in [0.2, 0.25) is 5.02 Å². The summed E-state index contributed by atoms with van der Waals surface area (Å²) in [6.45, 7) is 0. The average molecular weight is 437 g/mol. The van der Waals surface area contributed by atoms with Gasteiger partial charge >= 0.3 is 0 Å². The summed E-state index contributed by atoms with van der Waals surface area (Å²) in [7, 11) is 0. The van der Waals surface area contributed by atoms with Crippen LogP contribution in [-0.2, 0) is 4.79 Å². The number of amides is 1. The number of halogens is 1. The van der Waals surface area contributed by atoms with E-state index >= 15 is 0 Å². The number of carbonyl (C=O) groups is 1. The van der Waals surface area contributed by atoms with Crippen LogP contribution in [-0.4, -0.2) is 21.9 Å². The second kappa shape index (κ2) is 9.47. The van der Waals surface area contributed by atoms with Gasteiger partial charge in [0, 0.05) is 0 Å². The molecule has 0 aliphatic rings. The molecule has 0 bridgehead atoms. The number of nitrogens with one attached hydrogen (secondary N) is 1. The molecular formula is C22H17ClN4O2S. The summed E-state index contributed by atoms with van der Waals surface area (Å²) in [6, 6.07) is 26.4. The van der Waals surface area contributed by atoms with E-state index in [-0.39, 0.29) is 11.7 Å². The summed E-state index contributed by atoms with van der Waals surface area (Å²) < 4.78 is 5.64. The van der Waals surface area contributed by atoms with E-state index in [0.717, 1.165) is 23.1 Å². The van der Waals surface area contributed by atoms with Gasteiger partial charge in [-0.2, -0.15) is 0 Å². The highest BCUT2D eigenvalue weighted by Gasteiger charge is 2.16. The van der Waals surface area contributed by atoms with Gasteiger partial charge in [0.2, 0.25) is 11.8 Å². The molecule has 1 N–H and O–H groups in total. The third-order valence-electron chi connectivity index (χ3n) is 4.10. The first-order valence-electron chi connectivity index (χ1n) is 9.11. The number of nitrogens with zero attached hydrogens (tertiary/aromatic N) is 3. The van der Waals surface area contributed by atoms with Crippen molar-refractivity contribution in [2.45, 2.75) is 5.22 Å². The van der Waals surface area contributed by atoms with Crippen LogP contribution in [0, 0.1) is 0 Å². The molecule has 1 aromatic heterocycles. The van der Waals surface area contributed by atoms with Gasteiger partial charge in [-0.15, -0.1) is 10.2 Å². The molecule has 3 aromatic carbocycles. The van der Waals surface area contributed by atoms with Crippen molar-refractivity contribution in [1.82, 2.24) is 15.6 Å². The molecule has 0 spiro atoms. The summed E-state index contributed by atoms with van der Waals surface area (Å²) in [4.78, 5) is 12.6. The van der Waals surface area contributed by atoms with Gasteiger partial charge < -0.3 is 4.42 Å². The van der Waals surface area contributed by atoms with E-state index in [9.17, 15) is 4.79 Å². The topological polar surface area (TPSA) is 71.3 Å². The first kappa shape index (κ1) is 20.0. The Hall–Kier alpha value is -3.29. The zero-order valence-electron chi connectivity index (χ0n) is 15.7. The summed E-state index contributed by atoms with van der Waals surface area (Å²) in [5, 5.41) is 10.6. The van der Waals surface area contributed by atoms with E-state index in [1.54, 1.807) is 17.1 Å². The molecule has 1 amide bonds. The van der Waals surface area contributed by atoms with Gasteiger partial charge in [-0.25, -0.2) is 0 Å². The molecule has 0 fully saturated rings. The number of thioether (sulfide) groups is 1. The monoisotopic (exact) mass is 436 g/mol. The van der Waals surface area contributed by atoms with Crippen LogP contribution < -0.4 is 10.4 Å². The molecule has 0 saturated carbocycles. The molecule has 4 rings (SSSR count). The van der Waals surface area contributed by atoms with Crippen molar-refractivity contribution < 1.29 is 9.21 Å². The van der Waals surface area contributed by atoms with Crippen LogP contribution in [0.1, 0.15) is 0 Å². The second-order valence-electron chi connectivity index (χ2n) is 6.18. The summed E-state index contributed by atoms with van der Waals surface area (Å²) in [6.07, 6.45) is 0. The third kappa shape index (κ3) is 4.82. The van der Waals surface area contributed by atoms with Gasteiger partial charge in [0.05, 0.1) is 27.7 Å². The fraction of sp³-hybridized carbons (Fsp3) is 0.0455. The minimum atomic E-state index is -0.204. The Morgan fingerprint density at radius 2 is 1.50 bits per heavy atom. The number of para-hydroxylation sites is 2. The molecule has 4 aromatic rings. The average Bonchev–Trinajstić information content (AvgIpc) is 3.26. The molecule has 8 heteroatoms. The van der Waals surface area contributed by atoms with Crippen molar-refractivity contribution >= 4 is 40.6 Å². The number of hydrazine groups is 1. The lowest BCUT2D eigenvalue weighted by molar-refractivity contribution is -0.118. The number of hydrogen-bond donors (Lipinski definition) is 1. The van der Waals surface area contributed by atoms with E-state index in [1.165, 1.54) is 0 Å². The van der Waals surface area contributed by atoms with Crippen LogP contribution in [0.15, 0.2) is 94.6 Å². The Kier molecular flexibility index (Phi) is 6.32. The van der Waals surface area contributed by atoms with Crippen LogP contribution in [0.3, 0.4) is 0 Å². The second-order valence-corrected chi connectivity index (χ2v) is 7.52. The highest BCUT2D eigenvalue weighted by atomic mass is 35.5. The quantitative estimate of drug-likeness (QED) is 0.311. The number of aromatic nitrogens is 2. The lowest BCUT2D eigenvalue weighted by Gasteiger charge is -2.25. The Labute approximate surface area is 182 Å². The maximum atomic E-state index is 12.6. The van der Waals surface area contributed by atoms with Crippen molar-refractivity contribution in [2.24, 2.45) is 0 Å². The van der Waals surface area contributed by atoms with Crippen molar-refractivity contribution in [2.75, 3.05) is 10.8 Å². The maximum Gasteiger partial charge on any atom is 0.277 e. The predicted octanol–water partition coefficient (Wildman–Crippen LogP) is 5.35. The van der Waals surface area contributed by atoms with Gasteiger partial charge in [-0.1, -0.05) is 71.9 Å².